The van der Waals surface area contributed by atoms with E-state index in [1.54, 1.807) is 0 Å². The second-order valence-electron chi connectivity index (χ2n) is 5.16. The summed E-state index contributed by atoms with van der Waals surface area (Å²) in [5.74, 6) is 0.563. The molecular formula is C16H24. The molecule has 0 aliphatic carbocycles. The van der Waals surface area contributed by atoms with Crippen LogP contribution >= 0.6 is 0 Å². The Hall–Kier alpha value is -1.04. The lowest BCUT2D eigenvalue weighted by Gasteiger charge is -2.32. The standard InChI is InChI=1S/C16H24/c1-6-7-11-14(3)16(4,5)15-12-9-8-10-13(15)2/h7-12,14H,6H2,1-5H3/b11-7+. The van der Waals surface area contributed by atoms with E-state index >= 15 is 0 Å². The molecule has 1 rings (SSSR count). The second kappa shape index (κ2) is 5.34. The molecule has 1 atom stereocenters. The molecule has 1 aromatic rings. The van der Waals surface area contributed by atoms with Gasteiger partial charge in [0.25, 0.3) is 0 Å². The Bertz CT molecular complexity index is 358. The van der Waals surface area contributed by atoms with Crippen molar-refractivity contribution in [2.24, 2.45) is 5.92 Å². The molecule has 0 saturated heterocycles. The Morgan fingerprint density at radius 2 is 1.88 bits per heavy atom. The molecule has 0 amide bonds. The summed E-state index contributed by atoms with van der Waals surface area (Å²) in [5.41, 5.74) is 3.06. The Labute approximate surface area is 100 Å². The predicted molar refractivity (Wildman–Crippen MR) is 72.8 cm³/mol. The smallest absolute Gasteiger partial charge is 0.00409 e. The molecule has 0 N–H and O–H groups in total. The minimum absolute atomic E-state index is 0.205. The maximum absolute atomic E-state index is 2.34. The van der Waals surface area contributed by atoms with E-state index in [2.05, 4.69) is 71.0 Å². The Kier molecular flexibility index (Phi) is 4.35. The molecule has 1 unspecified atom stereocenters. The first kappa shape index (κ1) is 13.0. The maximum atomic E-state index is 2.34. The summed E-state index contributed by atoms with van der Waals surface area (Å²) in [4.78, 5) is 0. The molecule has 0 heterocycles. The van der Waals surface area contributed by atoms with Gasteiger partial charge in [0.15, 0.2) is 0 Å². The van der Waals surface area contributed by atoms with Crippen LogP contribution in [0.5, 0.6) is 0 Å². The van der Waals surface area contributed by atoms with E-state index in [0.717, 1.165) is 6.42 Å². The van der Waals surface area contributed by atoms with Gasteiger partial charge in [-0.1, -0.05) is 64.1 Å². The molecule has 0 fully saturated rings. The van der Waals surface area contributed by atoms with Crippen molar-refractivity contribution in [1.82, 2.24) is 0 Å². The van der Waals surface area contributed by atoms with Gasteiger partial charge >= 0.3 is 0 Å². The van der Waals surface area contributed by atoms with E-state index < -0.39 is 0 Å². The quantitative estimate of drug-likeness (QED) is 0.630. The third kappa shape index (κ3) is 2.75. The zero-order valence-electron chi connectivity index (χ0n) is 11.2. The summed E-state index contributed by atoms with van der Waals surface area (Å²) in [6.07, 6.45) is 5.73. The number of allylic oxidation sites excluding steroid dienone is 2. The third-order valence-corrected chi connectivity index (χ3v) is 3.64. The lowest BCUT2D eigenvalue weighted by atomic mass is 9.72. The van der Waals surface area contributed by atoms with Gasteiger partial charge in [-0.3, -0.25) is 0 Å². The van der Waals surface area contributed by atoms with Crippen molar-refractivity contribution in [2.45, 2.75) is 46.5 Å². The van der Waals surface area contributed by atoms with Crippen LogP contribution in [-0.2, 0) is 5.41 Å². The summed E-state index contributed by atoms with van der Waals surface area (Å²) in [5, 5.41) is 0. The molecule has 0 spiro atoms. The topological polar surface area (TPSA) is 0 Å². The van der Waals surface area contributed by atoms with Gasteiger partial charge in [-0.2, -0.15) is 0 Å². The fourth-order valence-electron chi connectivity index (χ4n) is 2.12. The SMILES string of the molecule is CC/C=C/C(C)C(C)(C)c1ccccc1C. The van der Waals surface area contributed by atoms with Gasteiger partial charge in [0.2, 0.25) is 0 Å². The fourth-order valence-corrected chi connectivity index (χ4v) is 2.12. The first-order valence-electron chi connectivity index (χ1n) is 6.23. The van der Waals surface area contributed by atoms with Crippen molar-refractivity contribution in [1.29, 1.82) is 0 Å². The van der Waals surface area contributed by atoms with Crippen molar-refractivity contribution < 1.29 is 0 Å². The highest BCUT2D eigenvalue weighted by Gasteiger charge is 2.27. The molecule has 0 heteroatoms. The molecule has 0 aliphatic rings. The van der Waals surface area contributed by atoms with Gasteiger partial charge < -0.3 is 0 Å². The molecule has 88 valence electrons. The number of rotatable bonds is 4. The van der Waals surface area contributed by atoms with E-state index in [4.69, 9.17) is 0 Å². The molecule has 0 nitrogen and oxygen atoms in total. The van der Waals surface area contributed by atoms with Crippen LogP contribution in [0, 0.1) is 12.8 Å². The van der Waals surface area contributed by atoms with E-state index in [1.807, 2.05) is 0 Å². The van der Waals surface area contributed by atoms with Crippen molar-refractivity contribution in [3.8, 4) is 0 Å². The average Bonchev–Trinajstić information content (AvgIpc) is 2.26. The van der Waals surface area contributed by atoms with Crippen LogP contribution in [0.2, 0.25) is 0 Å². The van der Waals surface area contributed by atoms with Gasteiger partial charge in [-0.15, -0.1) is 0 Å². The summed E-state index contributed by atoms with van der Waals surface area (Å²) < 4.78 is 0. The van der Waals surface area contributed by atoms with Crippen LogP contribution in [0.1, 0.15) is 45.2 Å². The summed E-state index contributed by atoms with van der Waals surface area (Å²) in [6.45, 7) is 11.4. The van der Waals surface area contributed by atoms with Crippen molar-refractivity contribution >= 4 is 0 Å². The number of hydrogen-bond acceptors (Lipinski definition) is 0. The molecular weight excluding hydrogens is 192 g/mol. The molecule has 0 aromatic heterocycles. The third-order valence-electron chi connectivity index (χ3n) is 3.64. The highest BCUT2D eigenvalue weighted by molar-refractivity contribution is 5.33. The van der Waals surface area contributed by atoms with Gasteiger partial charge in [-0.25, -0.2) is 0 Å². The van der Waals surface area contributed by atoms with Crippen molar-refractivity contribution in [3.63, 3.8) is 0 Å². The van der Waals surface area contributed by atoms with Crippen LogP contribution < -0.4 is 0 Å². The van der Waals surface area contributed by atoms with Crippen LogP contribution in [0.15, 0.2) is 36.4 Å². The highest BCUT2D eigenvalue weighted by Crippen LogP contribution is 2.34. The minimum Gasteiger partial charge on any atom is -0.0885 e. The number of benzene rings is 1. The zero-order valence-corrected chi connectivity index (χ0v) is 11.2. The van der Waals surface area contributed by atoms with Crippen LogP contribution in [-0.4, -0.2) is 0 Å². The van der Waals surface area contributed by atoms with E-state index in [-0.39, 0.29) is 5.41 Å². The maximum Gasteiger partial charge on any atom is -0.00409 e. The predicted octanol–water partition coefficient (Wildman–Crippen LogP) is 4.87. The van der Waals surface area contributed by atoms with Gasteiger partial charge in [0.05, 0.1) is 0 Å². The van der Waals surface area contributed by atoms with E-state index in [9.17, 15) is 0 Å². The van der Waals surface area contributed by atoms with Gasteiger partial charge in [0, 0.05) is 0 Å². The first-order chi connectivity index (χ1) is 7.50. The Morgan fingerprint density at radius 1 is 1.25 bits per heavy atom. The molecule has 0 aliphatic heterocycles. The lowest BCUT2D eigenvalue weighted by molar-refractivity contribution is 0.407. The summed E-state index contributed by atoms with van der Waals surface area (Å²) >= 11 is 0. The second-order valence-corrected chi connectivity index (χ2v) is 5.16. The highest BCUT2D eigenvalue weighted by atomic mass is 14.3. The van der Waals surface area contributed by atoms with E-state index in [0.29, 0.717) is 5.92 Å². The molecule has 1 aromatic carbocycles. The summed E-state index contributed by atoms with van der Waals surface area (Å²) in [7, 11) is 0. The molecule has 0 bridgehead atoms. The minimum atomic E-state index is 0.205. The monoisotopic (exact) mass is 216 g/mol. The van der Waals surface area contributed by atoms with Crippen LogP contribution in [0.3, 0.4) is 0 Å². The summed E-state index contributed by atoms with van der Waals surface area (Å²) in [6, 6.07) is 8.71. The van der Waals surface area contributed by atoms with Crippen molar-refractivity contribution in [3.05, 3.63) is 47.5 Å². The number of hydrogen-bond donors (Lipinski definition) is 0. The molecule has 0 saturated carbocycles. The Morgan fingerprint density at radius 3 is 2.44 bits per heavy atom. The average molecular weight is 216 g/mol. The first-order valence-corrected chi connectivity index (χ1v) is 6.23. The van der Waals surface area contributed by atoms with Gasteiger partial charge in [-0.05, 0) is 35.8 Å². The molecule has 0 radical (unpaired) electrons. The van der Waals surface area contributed by atoms with Crippen molar-refractivity contribution in [2.75, 3.05) is 0 Å². The van der Waals surface area contributed by atoms with E-state index in [1.165, 1.54) is 11.1 Å². The lowest BCUT2D eigenvalue weighted by Crippen LogP contribution is -2.26. The largest absolute Gasteiger partial charge is 0.0885 e. The molecule has 16 heavy (non-hydrogen) atoms. The fraction of sp³-hybridized carbons (Fsp3) is 0.500. The Balaban J connectivity index is 3.01. The van der Waals surface area contributed by atoms with Crippen LogP contribution in [0.25, 0.3) is 0 Å². The zero-order chi connectivity index (χ0) is 12.2. The normalized spacial score (nSPS) is 14.3. The number of aryl methyl sites for hydroxylation is 1. The van der Waals surface area contributed by atoms with Crippen LogP contribution in [0.4, 0.5) is 0 Å². The van der Waals surface area contributed by atoms with Gasteiger partial charge in [0.1, 0.15) is 0 Å².